The summed E-state index contributed by atoms with van der Waals surface area (Å²) in [7, 11) is 0. The minimum Gasteiger partial charge on any atom is -0.374 e. The first-order valence-corrected chi connectivity index (χ1v) is 9.49. The maximum atomic E-state index is 13.4. The van der Waals surface area contributed by atoms with Gasteiger partial charge in [-0.05, 0) is 43.2 Å². The molecule has 0 unspecified atom stereocenters. The van der Waals surface area contributed by atoms with Crippen LogP contribution in [0.1, 0.15) is 34.6 Å². The van der Waals surface area contributed by atoms with Crippen LogP contribution >= 0.6 is 22.9 Å². The monoisotopic (exact) mass is 391 g/mol. The molecule has 136 valence electrons. The van der Waals surface area contributed by atoms with E-state index in [4.69, 9.17) is 16.3 Å². The van der Waals surface area contributed by atoms with E-state index in [1.807, 2.05) is 38.1 Å². The Morgan fingerprint density at radius 1 is 1.23 bits per heavy atom. The SMILES string of the molecule is CC(C)OCc1ccccc1CNC(=O)c1sc2cc(F)ccc2c1Cl. The summed E-state index contributed by atoms with van der Waals surface area (Å²) < 4.78 is 19.7. The third-order valence-corrected chi connectivity index (χ3v) is 5.58. The highest BCUT2D eigenvalue weighted by molar-refractivity contribution is 7.21. The molecule has 0 aliphatic heterocycles. The molecule has 0 fully saturated rings. The molecule has 1 heterocycles. The molecule has 0 aliphatic carbocycles. The van der Waals surface area contributed by atoms with Crippen LogP contribution in [0.4, 0.5) is 4.39 Å². The number of fused-ring (bicyclic) bond motifs is 1. The number of halogens is 2. The zero-order valence-corrected chi connectivity index (χ0v) is 16.1. The lowest BCUT2D eigenvalue weighted by atomic mass is 10.1. The van der Waals surface area contributed by atoms with Crippen molar-refractivity contribution in [1.29, 1.82) is 0 Å². The van der Waals surface area contributed by atoms with Crippen LogP contribution in [0.2, 0.25) is 5.02 Å². The van der Waals surface area contributed by atoms with Gasteiger partial charge >= 0.3 is 0 Å². The number of hydrogen-bond donors (Lipinski definition) is 1. The van der Waals surface area contributed by atoms with E-state index in [0.717, 1.165) is 11.1 Å². The molecule has 3 nitrogen and oxygen atoms in total. The molecule has 1 amide bonds. The minimum absolute atomic E-state index is 0.135. The van der Waals surface area contributed by atoms with E-state index in [2.05, 4.69) is 5.32 Å². The number of ether oxygens (including phenoxy) is 1. The second-order valence-corrected chi connectivity index (χ2v) is 7.63. The molecule has 0 saturated heterocycles. The van der Waals surface area contributed by atoms with E-state index < -0.39 is 0 Å². The van der Waals surface area contributed by atoms with Gasteiger partial charge in [-0.25, -0.2) is 4.39 Å². The van der Waals surface area contributed by atoms with Crippen LogP contribution in [0, 0.1) is 5.82 Å². The lowest BCUT2D eigenvalue weighted by molar-refractivity contribution is 0.0651. The molecule has 0 radical (unpaired) electrons. The largest absolute Gasteiger partial charge is 0.374 e. The van der Waals surface area contributed by atoms with Crippen molar-refractivity contribution < 1.29 is 13.9 Å². The first-order chi connectivity index (χ1) is 12.5. The van der Waals surface area contributed by atoms with Crippen molar-refractivity contribution in [3.63, 3.8) is 0 Å². The predicted molar refractivity (Wildman–Crippen MR) is 104 cm³/mol. The number of nitrogens with one attached hydrogen (secondary N) is 1. The van der Waals surface area contributed by atoms with Crippen LogP contribution in [0.25, 0.3) is 10.1 Å². The van der Waals surface area contributed by atoms with Crippen molar-refractivity contribution in [1.82, 2.24) is 5.32 Å². The number of carbonyl (C=O) groups excluding carboxylic acids is 1. The summed E-state index contributed by atoms with van der Waals surface area (Å²) in [5.41, 5.74) is 2.02. The highest BCUT2D eigenvalue weighted by Crippen LogP contribution is 2.35. The normalized spacial score (nSPS) is 11.3. The first kappa shape index (κ1) is 18.8. The van der Waals surface area contributed by atoms with Gasteiger partial charge in [0.25, 0.3) is 5.91 Å². The van der Waals surface area contributed by atoms with Gasteiger partial charge in [-0.1, -0.05) is 35.9 Å². The van der Waals surface area contributed by atoms with Gasteiger partial charge in [0.15, 0.2) is 0 Å². The van der Waals surface area contributed by atoms with Gasteiger partial charge in [-0.15, -0.1) is 11.3 Å². The molecule has 26 heavy (non-hydrogen) atoms. The second-order valence-electron chi connectivity index (χ2n) is 6.20. The Kier molecular flexibility index (Phi) is 5.91. The standard InChI is InChI=1S/C20H19ClFNO2S/c1-12(2)25-11-14-6-4-3-5-13(14)10-23-20(24)19-18(21)16-8-7-15(22)9-17(16)26-19/h3-9,12H,10-11H2,1-2H3,(H,23,24). The molecule has 0 saturated carbocycles. The van der Waals surface area contributed by atoms with Gasteiger partial charge in [0.05, 0.1) is 17.7 Å². The number of amides is 1. The molecule has 6 heteroatoms. The summed E-state index contributed by atoms with van der Waals surface area (Å²) in [5, 5.41) is 3.95. The van der Waals surface area contributed by atoms with Crippen LogP contribution in [-0.2, 0) is 17.9 Å². The molecule has 3 aromatic rings. The topological polar surface area (TPSA) is 38.3 Å². The number of benzene rings is 2. The number of thiophene rings is 1. The van der Waals surface area contributed by atoms with E-state index in [-0.39, 0.29) is 17.8 Å². The number of rotatable bonds is 6. The molecule has 0 bridgehead atoms. The van der Waals surface area contributed by atoms with Gasteiger partial charge in [0.1, 0.15) is 10.7 Å². The van der Waals surface area contributed by atoms with Crippen molar-refractivity contribution in [2.75, 3.05) is 0 Å². The smallest absolute Gasteiger partial charge is 0.263 e. The zero-order chi connectivity index (χ0) is 18.7. The summed E-state index contributed by atoms with van der Waals surface area (Å²) in [6.07, 6.45) is 0.135. The fraction of sp³-hybridized carbons (Fsp3) is 0.250. The Bertz CT molecular complexity index is 939. The van der Waals surface area contributed by atoms with Crippen LogP contribution in [0.5, 0.6) is 0 Å². The summed E-state index contributed by atoms with van der Waals surface area (Å²) in [4.78, 5) is 13.0. The lowest BCUT2D eigenvalue weighted by Gasteiger charge is -2.12. The van der Waals surface area contributed by atoms with Gasteiger partial charge in [0, 0.05) is 16.6 Å². The Morgan fingerprint density at radius 3 is 2.69 bits per heavy atom. The lowest BCUT2D eigenvalue weighted by Crippen LogP contribution is -2.23. The highest BCUT2D eigenvalue weighted by atomic mass is 35.5. The summed E-state index contributed by atoms with van der Waals surface area (Å²) in [6, 6.07) is 12.1. The molecular weight excluding hydrogens is 373 g/mol. The van der Waals surface area contributed by atoms with Crippen LogP contribution in [0.15, 0.2) is 42.5 Å². The molecule has 0 atom stereocenters. The molecule has 1 N–H and O–H groups in total. The fourth-order valence-corrected chi connectivity index (χ4v) is 4.03. The van der Waals surface area contributed by atoms with E-state index in [1.54, 1.807) is 6.07 Å². The average molecular weight is 392 g/mol. The van der Waals surface area contributed by atoms with E-state index in [9.17, 15) is 9.18 Å². The molecule has 3 rings (SSSR count). The maximum absolute atomic E-state index is 13.4. The van der Waals surface area contributed by atoms with Crippen LogP contribution in [0.3, 0.4) is 0 Å². The Balaban J connectivity index is 1.75. The molecule has 0 spiro atoms. The summed E-state index contributed by atoms with van der Waals surface area (Å²) in [6.45, 7) is 4.83. The van der Waals surface area contributed by atoms with Crippen molar-refractivity contribution in [2.24, 2.45) is 0 Å². The van der Waals surface area contributed by atoms with E-state index in [0.29, 0.717) is 33.1 Å². The second kappa shape index (κ2) is 8.16. The van der Waals surface area contributed by atoms with Crippen molar-refractivity contribution in [3.05, 3.63) is 69.3 Å². The van der Waals surface area contributed by atoms with Crippen molar-refractivity contribution in [3.8, 4) is 0 Å². The number of hydrogen-bond acceptors (Lipinski definition) is 3. The quantitative estimate of drug-likeness (QED) is 0.598. The van der Waals surface area contributed by atoms with E-state index >= 15 is 0 Å². The van der Waals surface area contributed by atoms with Gasteiger partial charge in [-0.3, -0.25) is 4.79 Å². The Hall–Kier alpha value is -1.95. The third-order valence-electron chi connectivity index (χ3n) is 3.93. The van der Waals surface area contributed by atoms with Gasteiger partial charge in [-0.2, -0.15) is 0 Å². The van der Waals surface area contributed by atoms with Crippen LogP contribution in [-0.4, -0.2) is 12.0 Å². The van der Waals surface area contributed by atoms with Gasteiger partial charge < -0.3 is 10.1 Å². The maximum Gasteiger partial charge on any atom is 0.263 e. The third kappa shape index (κ3) is 4.23. The summed E-state index contributed by atoms with van der Waals surface area (Å²) in [5.74, 6) is -0.613. The molecule has 2 aromatic carbocycles. The minimum atomic E-state index is -0.346. The van der Waals surface area contributed by atoms with Crippen LogP contribution < -0.4 is 5.32 Å². The van der Waals surface area contributed by atoms with Crippen molar-refractivity contribution >= 4 is 38.9 Å². The fourth-order valence-electron chi connectivity index (χ4n) is 2.57. The Labute approximate surface area is 160 Å². The molecular formula is C20H19ClFNO2S. The first-order valence-electron chi connectivity index (χ1n) is 8.30. The Morgan fingerprint density at radius 2 is 1.96 bits per heavy atom. The van der Waals surface area contributed by atoms with Gasteiger partial charge in [0.2, 0.25) is 0 Å². The average Bonchev–Trinajstić information content (AvgIpc) is 2.94. The zero-order valence-electron chi connectivity index (χ0n) is 14.5. The van der Waals surface area contributed by atoms with E-state index in [1.165, 1.54) is 23.5 Å². The number of carbonyl (C=O) groups is 1. The predicted octanol–water partition coefficient (Wildman–Crippen LogP) is 5.55. The molecule has 0 aliphatic rings. The molecule has 1 aromatic heterocycles. The van der Waals surface area contributed by atoms with Crippen molar-refractivity contribution in [2.45, 2.75) is 33.1 Å². The summed E-state index contributed by atoms with van der Waals surface area (Å²) >= 11 is 7.50. The highest BCUT2D eigenvalue weighted by Gasteiger charge is 2.17.